The van der Waals surface area contributed by atoms with E-state index in [1.807, 2.05) is 13.0 Å². The molecule has 0 aromatic heterocycles. The van der Waals surface area contributed by atoms with Gasteiger partial charge in [-0.2, -0.15) is 13.2 Å². The summed E-state index contributed by atoms with van der Waals surface area (Å²) in [4.78, 5) is 13.0. The molecular weight excluding hydrogens is 311 g/mol. The molecule has 6 heteroatoms. The molecule has 0 fully saturated rings. The molecule has 0 bridgehead atoms. The van der Waals surface area contributed by atoms with Gasteiger partial charge in [-0.25, -0.2) is 0 Å². The predicted molar refractivity (Wildman–Crippen MR) is 66.5 cm³/mol. The van der Waals surface area contributed by atoms with E-state index >= 15 is 0 Å². The Kier molecular flexibility index (Phi) is 4.78. The van der Waals surface area contributed by atoms with Crippen molar-refractivity contribution in [2.45, 2.75) is 19.5 Å². The lowest BCUT2D eigenvalue weighted by Gasteiger charge is -2.19. The molecular formula is C12H13BrF3NO. The zero-order chi connectivity index (χ0) is 13.9. The van der Waals surface area contributed by atoms with Gasteiger partial charge in [-0.1, -0.05) is 12.1 Å². The van der Waals surface area contributed by atoms with Crippen molar-refractivity contribution in [3.8, 4) is 0 Å². The van der Waals surface area contributed by atoms with Crippen LogP contribution in [0.1, 0.15) is 22.3 Å². The lowest BCUT2D eigenvalue weighted by molar-refractivity contribution is -0.136. The number of aryl methyl sites for hydroxylation is 1. The molecule has 0 aliphatic rings. The van der Waals surface area contributed by atoms with Crippen LogP contribution in [0.25, 0.3) is 0 Å². The molecule has 0 radical (unpaired) electrons. The van der Waals surface area contributed by atoms with E-state index in [-0.39, 0.29) is 6.54 Å². The highest BCUT2D eigenvalue weighted by molar-refractivity contribution is 9.10. The summed E-state index contributed by atoms with van der Waals surface area (Å²) >= 11 is 3.27. The van der Waals surface area contributed by atoms with E-state index in [0.29, 0.717) is 10.0 Å². The second-order valence-electron chi connectivity index (χ2n) is 4.03. The standard InChI is InChI=1S/C12H13BrF3NO/c1-8-4-3-5-9(10(8)13)11(18)17(2)7-6-12(14,15)16/h3-5H,6-7H2,1-2H3. The van der Waals surface area contributed by atoms with Gasteiger partial charge in [0.05, 0.1) is 12.0 Å². The first-order chi connectivity index (χ1) is 8.22. The first-order valence-corrected chi connectivity index (χ1v) is 6.09. The molecule has 1 aromatic carbocycles. The van der Waals surface area contributed by atoms with Crippen molar-refractivity contribution in [1.29, 1.82) is 0 Å². The van der Waals surface area contributed by atoms with E-state index in [4.69, 9.17) is 0 Å². The number of rotatable bonds is 3. The number of carbonyl (C=O) groups is 1. The van der Waals surface area contributed by atoms with Crippen LogP contribution in [0.5, 0.6) is 0 Å². The van der Waals surface area contributed by atoms with Crippen molar-refractivity contribution in [3.63, 3.8) is 0 Å². The number of nitrogens with zero attached hydrogens (tertiary/aromatic N) is 1. The lowest BCUT2D eigenvalue weighted by Crippen LogP contribution is -2.30. The second-order valence-corrected chi connectivity index (χ2v) is 4.82. The van der Waals surface area contributed by atoms with Crippen molar-refractivity contribution >= 4 is 21.8 Å². The number of halogens is 4. The Hall–Kier alpha value is -1.04. The summed E-state index contributed by atoms with van der Waals surface area (Å²) in [5.74, 6) is -0.421. The van der Waals surface area contributed by atoms with Gasteiger partial charge >= 0.3 is 6.18 Å². The number of amides is 1. The second kappa shape index (κ2) is 5.73. The van der Waals surface area contributed by atoms with Gasteiger partial charge in [-0.3, -0.25) is 4.79 Å². The smallest absolute Gasteiger partial charge is 0.341 e. The summed E-state index contributed by atoms with van der Waals surface area (Å²) in [6, 6.07) is 5.10. The van der Waals surface area contributed by atoms with Crippen LogP contribution in [0.2, 0.25) is 0 Å². The molecule has 0 aliphatic heterocycles. The SMILES string of the molecule is Cc1cccc(C(=O)N(C)CCC(F)(F)F)c1Br. The van der Waals surface area contributed by atoms with Crippen LogP contribution in [-0.4, -0.2) is 30.6 Å². The first kappa shape index (κ1) is 15.0. The van der Waals surface area contributed by atoms with Crippen molar-refractivity contribution in [1.82, 2.24) is 4.90 Å². The van der Waals surface area contributed by atoms with E-state index < -0.39 is 18.5 Å². The van der Waals surface area contributed by atoms with Crippen LogP contribution in [0.3, 0.4) is 0 Å². The molecule has 1 amide bonds. The third-order valence-corrected chi connectivity index (χ3v) is 3.55. The average Bonchev–Trinajstić information content (AvgIpc) is 2.28. The van der Waals surface area contributed by atoms with Gasteiger partial charge in [-0.05, 0) is 34.5 Å². The average molecular weight is 324 g/mol. The zero-order valence-corrected chi connectivity index (χ0v) is 11.6. The van der Waals surface area contributed by atoms with Gasteiger partial charge in [0.1, 0.15) is 0 Å². The molecule has 1 aromatic rings. The highest BCUT2D eigenvalue weighted by Gasteiger charge is 2.28. The summed E-state index contributed by atoms with van der Waals surface area (Å²) in [5.41, 5.74) is 1.24. The van der Waals surface area contributed by atoms with E-state index in [1.165, 1.54) is 7.05 Å². The van der Waals surface area contributed by atoms with Gasteiger partial charge in [-0.15, -0.1) is 0 Å². The monoisotopic (exact) mass is 323 g/mol. The van der Waals surface area contributed by atoms with Crippen LogP contribution in [-0.2, 0) is 0 Å². The molecule has 1 rings (SSSR count). The molecule has 0 atom stereocenters. The molecule has 0 spiro atoms. The van der Waals surface area contributed by atoms with Gasteiger partial charge < -0.3 is 4.90 Å². The lowest BCUT2D eigenvalue weighted by atomic mass is 10.1. The summed E-state index contributed by atoms with van der Waals surface area (Å²) in [7, 11) is 1.36. The Morgan fingerprint density at radius 2 is 2.00 bits per heavy atom. The van der Waals surface area contributed by atoms with Gasteiger partial charge in [0, 0.05) is 18.1 Å². The number of hydrogen-bond acceptors (Lipinski definition) is 1. The molecule has 0 unspecified atom stereocenters. The van der Waals surface area contributed by atoms with Crippen LogP contribution < -0.4 is 0 Å². The Morgan fingerprint density at radius 1 is 1.39 bits per heavy atom. The number of carbonyl (C=O) groups excluding carboxylic acids is 1. The zero-order valence-electron chi connectivity index (χ0n) is 10.0. The third-order valence-electron chi connectivity index (χ3n) is 2.50. The van der Waals surface area contributed by atoms with Gasteiger partial charge in [0.25, 0.3) is 5.91 Å². The normalized spacial score (nSPS) is 11.4. The third kappa shape index (κ3) is 4.01. The largest absolute Gasteiger partial charge is 0.390 e. The summed E-state index contributed by atoms with van der Waals surface area (Å²) < 4.78 is 36.9. The Morgan fingerprint density at radius 3 is 2.56 bits per heavy atom. The molecule has 0 saturated carbocycles. The number of benzene rings is 1. The summed E-state index contributed by atoms with van der Waals surface area (Å²) in [5, 5.41) is 0. The maximum Gasteiger partial charge on any atom is 0.390 e. The van der Waals surface area contributed by atoms with Crippen LogP contribution in [0.15, 0.2) is 22.7 Å². The molecule has 0 heterocycles. The van der Waals surface area contributed by atoms with E-state index in [9.17, 15) is 18.0 Å². The highest BCUT2D eigenvalue weighted by Crippen LogP contribution is 2.23. The Labute approximate surface area is 112 Å². The molecule has 18 heavy (non-hydrogen) atoms. The van der Waals surface area contributed by atoms with Crippen molar-refractivity contribution < 1.29 is 18.0 Å². The minimum atomic E-state index is -4.25. The molecule has 100 valence electrons. The van der Waals surface area contributed by atoms with E-state index in [2.05, 4.69) is 15.9 Å². The molecule has 0 saturated heterocycles. The van der Waals surface area contributed by atoms with Crippen LogP contribution in [0.4, 0.5) is 13.2 Å². The fraction of sp³-hybridized carbons (Fsp3) is 0.417. The van der Waals surface area contributed by atoms with Crippen molar-refractivity contribution in [2.75, 3.05) is 13.6 Å². The maximum atomic E-state index is 12.1. The van der Waals surface area contributed by atoms with E-state index in [0.717, 1.165) is 10.5 Å². The Balaban J connectivity index is 2.78. The summed E-state index contributed by atoms with van der Waals surface area (Å²) in [6.45, 7) is 1.47. The van der Waals surface area contributed by atoms with E-state index in [1.54, 1.807) is 12.1 Å². The van der Waals surface area contributed by atoms with Crippen molar-refractivity contribution in [3.05, 3.63) is 33.8 Å². The van der Waals surface area contributed by atoms with Gasteiger partial charge in [0.15, 0.2) is 0 Å². The molecule has 0 aliphatic carbocycles. The first-order valence-electron chi connectivity index (χ1n) is 5.29. The van der Waals surface area contributed by atoms with Crippen LogP contribution >= 0.6 is 15.9 Å². The highest BCUT2D eigenvalue weighted by atomic mass is 79.9. The van der Waals surface area contributed by atoms with Crippen LogP contribution in [0, 0.1) is 6.92 Å². The van der Waals surface area contributed by atoms with Crippen molar-refractivity contribution in [2.24, 2.45) is 0 Å². The minimum absolute atomic E-state index is 0.345. The fourth-order valence-corrected chi connectivity index (χ4v) is 1.85. The topological polar surface area (TPSA) is 20.3 Å². The number of hydrogen-bond donors (Lipinski definition) is 0. The predicted octanol–water partition coefficient (Wildman–Crippen LogP) is 3.78. The minimum Gasteiger partial charge on any atom is -0.341 e. The Bertz CT molecular complexity index is 445. The fourth-order valence-electron chi connectivity index (χ4n) is 1.41. The van der Waals surface area contributed by atoms with Gasteiger partial charge in [0.2, 0.25) is 0 Å². The number of alkyl halides is 3. The molecule has 0 N–H and O–H groups in total. The summed E-state index contributed by atoms with van der Waals surface area (Å²) in [6.07, 6.45) is -5.25. The quantitative estimate of drug-likeness (QED) is 0.829. The maximum absolute atomic E-state index is 12.1. The molecule has 2 nitrogen and oxygen atoms in total.